The molecule has 3 rings (SSSR count). The van der Waals surface area contributed by atoms with E-state index in [1.165, 1.54) is 12.8 Å². The van der Waals surface area contributed by atoms with Crippen LogP contribution in [0.3, 0.4) is 0 Å². The normalized spacial score (nSPS) is 45.4. The van der Waals surface area contributed by atoms with Crippen molar-refractivity contribution >= 4 is 12.4 Å². The Bertz CT molecular complexity index is 221. The summed E-state index contributed by atoms with van der Waals surface area (Å²) < 4.78 is 5.77. The van der Waals surface area contributed by atoms with Crippen molar-refractivity contribution in [3.05, 3.63) is 0 Å². The molecule has 2 saturated heterocycles. The second-order valence-electron chi connectivity index (χ2n) is 5.10. The lowest BCUT2D eigenvalue weighted by Gasteiger charge is -2.48. The number of nitrogens with zero attached hydrogens (tertiary/aromatic N) is 1. The fourth-order valence-corrected chi connectivity index (χ4v) is 3.20. The standard InChI is InChI=1S/C11H20N2O.ClH/c1-8-4-9(5-8)13-2-3-14-11-7-12-6-10(11)13;/h8-12H,2-7H2,1H3;1H/t8?,9?,10-,11+;/m1./s1. The van der Waals surface area contributed by atoms with Gasteiger partial charge >= 0.3 is 0 Å². The molecule has 3 fully saturated rings. The Morgan fingerprint density at radius 3 is 2.80 bits per heavy atom. The summed E-state index contributed by atoms with van der Waals surface area (Å²) in [6.45, 7) is 6.65. The third-order valence-corrected chi connectivity index (χ3v) is 4.05. The van der Waals surface area contributed by atoms with Gasteiger partial charge < -0.3 is 10.1 Å². The first kappa shape index (κ1) is 11.6. The summed E-state index contributed by atoms with van der Waals surface area (Å²) in [5.41, 5.74) is 0. The van der Waals surface area contributed by atoms with Crippen LogP contribution in [-0.4, -0.2) is 49.3 Å². The molecule has 3 aliphatic rings. The summed E-state index contributed by atoms with van der Waals surface area (Å²) in [4.78, 5) is 2.70. The minimum absolute atomic E-state index is 0. The summed E-state index contributed by atoms with van der Waals surface area (Å²) in [6.07, 6.45) is 3.28. The van der Waals surface area contributed by atoms with E-state index >= 15 is 0 Å². The van der Waals surface area contributed by atoms with E-state index < -0.39 is 0 Å². The predicted molar refractivity (Wildman–Crippen MR) is 62.5 cm³/mol. The third kappa shape index (κ3) is 2.03. The molecule has 1 aliphatic carbocycles. The van der Waals surface area contributed by atoms with Gasteiger partial charge in [0.15, 0.2) is 0 Å². The fourth-order valence-electron chi connectivity index (χ4n) is 3.20. The zero-order chi connectivity index (χ0) is 9.54. The maximum Gasteiger partial charge on any atom is 0.0867 e. The Kier molecular flexibility index (Phi) is 3.56. The van der Waals surface area contributed by atoms with E-state index in [2.05, 4.69) is 17.1 Å². The van der Waals surface area contributed by atoms with Gasteiger partial charge in [-0.2, -0.15) is 0 Å². The second kappa shape index (κ2) is 4.58. The molecule has 1 saturated carbocycles. The van der Waals surface area contributed by atoms with Crippen LogP contribution in [0.15, 0.2) is 0 Å². The minimum atomic E-state index is 0. The zero-order valence-corrected chi connectivity index (χ0v) is 10.1. The highest BCUT2D eigenvalue weighted by atomic mass is 35.5. The molecule has 0 unspecified atom stereocenters. The van der Waals surface area contributed by atoms with Gasteiger partial charge in [0, 0.05) is 31.7 Å². The fraction of sp³-hybridized carbons (Fsp3) is 1.00. The second-order valence-corrected chi connectivity index (χ2v) is 5.10. The molecule has 15 heavy (non-hydrogen) atoms. The first-order valence-corrected chi connectivity index (χ1v) is 5.92. The number of hydrogen-bond donors (Lipinski definition) is 1. The molecule has 0 aromatic rings. The van der Waals surface area contributed by atoms with Crippen molar-refractivity contribution in [1.82, 2.24) is 10.2 Å². The number of rotatable bonds is 1. The number of ether oxygens (including phenoxy) is 1. The maximum absolute atomic E-state index is 5.77. The van der Waals surface area contributed by atoms with Crippen LogP contribution in [0.1, 0.15) is 19.8 Å². The van der Waals surface area contributed by atoms with E-state index in [0.29, 0.717) is 12.1 Å². The third-order valence-electron chi connectivity index (χ3n) is 4.05. The highest BCUT2D eigenvalue weighted by molar-refractivity contribution is 5.85. The van der Waals surface area contributed by atoms with Gasteiger partial charge in [-0.3, -0.25) is 4.90 Å². The number of nitrogens with one attached hydrogen (secondary N) is 1. The minimum Gasteiger partial charge on any atom is -0.374 e. The molecular weight excluding hydrogens is 212 g/mol. The molecular formula is C11H21ClN2O. The topological polar surface area (TPSA) is 24.5 Å². The predicted octanol–water partition coefficient (Wildman–Crippen LogP) is 0.879. The van der Waals surface area contributed by atoms with Crippen LogP contribution in [0.25, 0.3) is 0 Å². The van der Waals surface area contributed by atoms with Crippen LogP contribution in [-0.2, 0) is 4.74 Å². The Balaban J connectivity index is 0.000000853. The molecule has 3 nitrogen and oxygen atoms in total. The molecule has 2 heterocycles. The molecule has 4 heteroatoms. The SMILES string of the molecule is CC1CC(N2CCO[C@H]3CNC[C@H]32)C1.Cl. The molecule has 0 aromatic carbocycles. The zero-order valence-electron chi connectivity index (χ0n) is 9.32. The van der Waals surface area contributed by atoms with Gasteiger partial charge in [-0.05, 0) is 18.8 Å². The van der Waals surface area contributed by atoms with Crippen molar-refractivity contribution in [3.63, 3.8) is 0 Å². The first-order valence-electron chi connectivity index (χ1n) is 5.92. The lowest BCUT2D eigenvalue weighted by molar-refractivity contribution is -0.0831. The summed E-state index contributed by atoms with van der Waals surface area (Å²) in [7, 11) is 0. The molecule has 2 atom stereocenters. The van der Waals surface area contributed by atoms with Crippen molar-refractivity contribution in [3.8, 4) is 0 Å². The number of hydrogen-bond acceptors (Lipinski definition) is 3. The highest BCUT2D eigenvalue weighted by Gasteiger charge is 2.42. The number of halogens is 1. The summed E-state index contributed by atoms with van der Waals surface area (Å²) in [5.74, 6) is 0.954. The van der Waals surface area contributed by atoms with Crippen molar-refractivity contribution in [2.24, 2.45) is 5.92 Å². The Hall–Kier alpha value is 0.170. The van der Waals surface area contributed by atoms with Gasteiger partial charge in [0.2, 0.25) is 0 Å². The van der Waals surface area contributed by atoms with E-state index in [1.54, 1.807) is 0 Å². The van der Waals surface area contributed by atoms with Gasteiger partial charge in [-0.25, -0.2) is 0 Å². The monoisotopic (exact) mass is 232 g/mol. The molecule has 0 aromatic heterocycles. The highest BCUT2D eigenvalue weighted by Crippen LogP contribution is 2.34. The Morgan fingerprint density at radius 2 is 2.07 bits per heavy atom. The average molecular weight is 233 g/mol. The van der Waals surface area contributed by atoms with Gasteiger partial charge in [0.25, 0.3) is 0 Å². The summed E-state index contributed by atoms with van der Waals surface area (Å²) in [6, 6.07) is 1.53. The first-order chi connectivity index (χ1) is 6.84. The molecule has 0 spiro atoms. The smallest absolute Gasteiger partial charge is 0.0867 e. The average Bonchev–Trinajstić information content (AvgIpc) is 2.60. The van der Waals surface area contributed by atoms with E-state index in [4.69, 9.17) is 4.74 Å². The quantitative estimate of drug-likeness (QED) is 0.727. The summed E-state index contributed by atoms with van der Waals surface area (Å²) >= 11 is 0. The maximum atomic E-state index is 5.77. The van der Waals surface area contributed by atoms with E-state index in [9.17, 15) is 0 Å². The summed E-state index contributed by atoms with van der Waals surface area (Å²) in [5, 5.41) is 3.44. The Labute approximate surface area is 97.9 Å². The molecule has 1 N–H and O–H groups in total. The van der Waals surface area contributed by atoms with Crippen LogP contribution in [0.4, 0.5) is 0 Å². The molecule has 0 amide bonds. The van der Waals surface area contributed by atoms with E-state index in [-0.39, 0.29) is 12.4 Å². The van der Waals surface area contributed by atoms with E-state index in [0.717, 1.165) is 38.2 Å². The van der Waals surface area contributed by atoms with Crippen LogP contribution >= 0.6 is 12.4 Å². The largest absolute Gasteiger partial charge is 0.374 e. The van der Waals surface area contributed by atoms with Crippen LogP contribution in [0.2, 0.25) is 0 Å². The van der Waals surface area contributed by atoms with Gasteiger partial charge in [-0.1, -0.05) is 6.92 Å². The van der Waals surface area contributed by atoms with E-state index in [1.807, 2.05) is 0 Å². The van der Waals surface area contributed by atoms with Crippen LogP contribution < -0.4 is 5.32 Å². The van der Waals surface area contributed by atoms with Crippen molar-refractivity contribution < 1.29 is 4.74 Å². The van der Waals surface area contributed by atoms with Crippen LogP contribution in [0, 0.1) is 5.92 Å². The van der Waals surface area contributed by atoms with Crippen molar-refractivity contribution in [2.45, 2.75) is 38.0 Å². The number of morpholine rings is 1. The lowest BCUT2D eigenvalue weighted by Crippen LogP contribution is -2.57. The molecule has 0 radical (unpaired) electrons. The van der Waals surface area contributed by atoms with Gasteiger partial charge in [-0.15, -0.1) is 12.4 Å². The van der Waals surface area contributed by atoms with Gasteiger partial charge in [0.1, 0.15) is 0 Å². The number of fused-ring (bicyclic) bond motifs is 1. The van der Waals surface area contributed by atoms with Crippen LogP contribution in [0.5, 0.6) is 0 Å². The van der Waals surface area contributed by atoms with Crippen molar-refractivity contribution in [1.29, 1.82) is 0 Å². The van der Waals surface area contributed by atoms with Crippen molar-refractivity contribution in [2.75, 3.05) is 26.2 Å². The van der Waals surface area contributed by atoms with Gasteiger partial charge in [0.05, 0.1) is 12.7 Å². The molecule has 0 bridgehead atoms. The lowest BCUT2D eigenvalue weighted by atomic mass is 9.80. The molecule has 88 valence electrons. The Morgan fingerprint density at radius 1 is 1.27 bits per heavy atom. The molecule has 2 aliphatic heterocycles.